The highest BCUT2D eigenvalue weighted by atomic mass is 16.5. The maximum absolute atomic E-state index is 9.25. The summed E-state index contributed by atoms with van der Waals surface area (Å²) >= 11 is 0. The molecule has 7 nitrogen and oxygen atoms in total. The van der Waals surface area contributed by atoms with E-state index in [9.17, 15) is 5.26 Å². The Labute approximate surface area is 142 Å². The first-order valence-corrected chi connectivity index (χ1v) is 8.78. The predicted molar refractivity (Wildman–Crippen MR) is 90.9 cm³/mol. The Morgan fingerprint density at radius 1 is 1.25 bits per heavy atom. The second-order valence-electron chi connectivity index (χ2n) is 6.35. The normalized spacial score (nSPS) is 26.8. The van der Waals surface area contributed by atoms with E-state index < -0.39 is 0 Å². The molecule has 7 heteroatoms. The molecule has 1 aromatic rings. The summed E-state index contributed by atoms with van der Waals surface area (Å²) in [5.74, 6) is 1.17. The molecule has 24 heavy (non-hydrogen) atoms. The number of hydrogen-bond acceptors (Lipinski definition) is 7. The van der Waals surface area contributed by atoms with E-state index in [0.29, 0.717) is 36.1 Å². The fraction of sp³-hybridized carbons (Fsp3) is 0.706. The Bertz CT molecular complexity index is 575. The van der Waals surface area contributed by atoms with Crippen molar-refractivity contribution in [3.8, 4) is 6.07 Å². The molecule has 1 atom stereocenters. The van der Waals surface area contributed by atoms with Gasteiger partial charge in [-0.05, 0) is 39.0 Å². The first-order valence-electron chi connectivity index (χ1n) is 8.78. The molecule has 2 heterocycles. The summed E-state index contributed by atoms with van der Waals surface area (Å²) in [5.41, 5.74) is 0.465. The Balaban J connectivity index is 1.60. The number of nitrogens with zero attached hydrogens (tertiary/aromatic N) is 3. The minimum Gasteiger partial charge on any atom is -0.379 e. The lowest BCUT2D eigenvalue weighted by Crippen LogP contribution is -2.30. The zero-order valence-corrected chi connectivity index (χ0v) is 14.1. The average molecular weight is 331 g/mol. The van der Waals surface area contributed by atoms with Crippen molar-refractivity contribution in [2.24, 2.45) is 0 Å². The zero-order valence-electron chi connectivity index (χ0n) is 14.1. The molecule has 2 aliphatic rings. The Hall–Kier alpha value is -1.91. The number of hydrogen-bond donors (Lipinski definition) is 2. The number of nitrogens with one attached hydrogen (secondary N) is 2. The summed E-state index contributed by atoms with van der Waals surface area (Å²) in [7, 11) is 0. The van der Waals surface area contributed by atoms with Crippen molar-refractivity contribution >= 4 is 11.8 Å². The van der Waals surface area contributed by atoms with Crippen molar-refractivity contribution < 1.29 is 9.47 Å². The predicted octanol–water partition coefficient (Wildman–Crippen LogP) is 2.31. The van der Waals surface area contributed by atoms with E-state index >= 15 is 0 Å². The van der Waals surface area contributed by atoms with E-state index in [4.69, 9.17) is 9.47 Å². The molecule has 2 N–H and O–H groups in total. The summed E-state index contributed by atoms with van der Waals surface area (Å²) in [6.45, 7) is 4.22. The van der Waals surface area contributed by atoms with Crippen LogP contribution in [0.4, 0.5) is 11.8 Å². The smallest absolute Gasteiger partial charge is 0.224 e. The highest BCUT2D eigenvalue weighted by molar-refractivity contribution is 5.54. The fourth-order valence-electron chi connectivity index (χ4n) is 3.28. The lowest BCUT2D eigenvalue weighted by Gasteiger charge is -2.29. The van der Waals surface area contributed by atoms with Crippen LogP contribution in [0.15, 0.2) is 6.20 Å². The highest BCUT2D eigenvalue weighted by Crippen LogP contribution is 2.24. The van der Waals surface area contributed by atoms with E-state index in [-0.39, 0.29) is 6.04 Å². The molecule has 0 bridgehead atoms. The summed E-state index contributed by atoms with van der Waals surface area (Å²) < 4.78 is 11.1. The second kappa shape index (κ2) is 8.27. The standard InChI is InChI=1S/C17H25N5O2/c1-2-24-15-5-3-13(4-6-15)21-17-19-10-12(9-18)16(22-17)20-14-7-8-23-11-14/h10,13-15H,2-8,11H2,1H3,(H2,19,20,21,22)/t13?,14-,15?/m0/s1. The van der Waals surface area contributed by atoms with Crippen LogP contribution in [0, 0.1) is 11.3 Å². The van der Waals surface area contributed by atoms with Crippen LogP contribution in [-0.4, -0.2) is 48.0 Å². The number of rotatable bonds is 6. The first kappa shape index (κ1) is 16.9. The van der Waals surface area contributed by atoms with Gasteiger partial charge in [-0.15, -0.1) is 0 Å². The van der Waals surface area contributed by atoms with Crippen LogP contribution < -0.4 is 10.6 Å². The van der Waals surface area contributed by atoms with Crippen LogP contribution in [0.2, 0.25) is 0 Å². The molecule has 1 aliphatic carbocycles. The maximum Gasteiger partial charge on any atom is 0.224 e. The van der Waals surface area contributed by atoms with Crippen molar-refractivity contribution in [2.75, 3.05) is 30.5 Å². The SMILES string of the molecule is CCOC1CCC(Nc2ncc(C#N)c(N[C@H]3CCOC3)n2)CC1. The number of aromatic nitrogens is 2. The van der Waals surface area contributed by atoms with Crippen LogP contribution in [0.25, 0.3) is 0 Å². The van der Waals surface area contributed by atoms with Gasteiger partial charge in [-0.25, -0.2) is 4.98 Å². The molecule has 0 aromatic carbocycles. The van der Waals surface area contributed by atoms with Gasteiger partial charge in [0.2, 0.25) is 5.95 Å². The molecule has 130 valence electrons. The molecule has 3 rings (SSSR count). The molecular weight excluding hydrogens is 306 g/mol. The van der Waals surface area contributed by atoms with Gasteiger partial charge in [0, 0.05) is 19.3 Å². The molecular formula is C17H25N5O2. The lowest BCUT2D eigenvalue weighted by molar-refractivity contribution is 0.0346. The van der Waals surface area contributed by atoms with E-state index in [0.717, 1.165) is 45.3 Å². The van der Waals surface area contributed by atoms with E-state index in [1.54, 1.807) is 6.20 Å². The van der Waals surface area contributed by atoms with Gasteiger partial charge in [0.25, 0.3) is 0 Å². The summed E-state index contributed by atoms with van der Waals surface area (Å²) in [6.07, 6.45) is 7.12. The van der Waals surface area contributed by atoms with E-state index in [2.05, 4.69) is 26.7 Å². The minimum atomic E-state index is 0.210. The molecule has 0 radical (unpaired) electrons. The van der Waals surface area contributed by atoms with Gasteiger partial charge in [0.1, 0.15) is 17.5 Å². The zero-order chi connectivity index (χ0) is 16.8. The van der Waals surface area contributed by atoms with Gasteiger partial charge in [0.05, 0.1) is 24.9 Å². The van der Waals surface area contributed by atoms with Crippen molar-refractivity contribution in [2.45, 2.75) is 57.2 Å². The van der Waals surface area contributed by atoms with Gasteiger partial charge >= 0.3 is 0 Å². The third kappa shape index (κ3) is 4.34. The van der Waals surface area contributed by atoms with Gasteiger partial charge < -0.3 is 20.1 Å². The van der Waals surface area contributed by atoms with E-state index in [1.807, 2.05) is 6.92 Å². The van der Waals surface area contributed by atoms with Crippen LogP contribution in [0.3, 0.4) is 0 Å². The number of anilines is 2. The first-order chi connectivity index (χ1) is 11.8. The van der Waals surface area contributed by atoms with Crippen LogP contribution in [0.5, 0.6) is 0 Å². The Morgan fingerprint density at radius 2 is 2.08 bits per heavy atom. The number of ether oxygens (including phenoxy) is 2. The van der Waals surface area contributed by atoms with Crippen LogP contribution in [-0.2, 0) is 9.47 Å². The summed E-state index contributed by atoms with van der Waals surface area (Å²) in [4.78, 5) is 8.80. The maximum atomic E-state index is 9.25. The molecule has 0 unspecified atom stereocenters. The van der Waals surface area contributed by atoms with Gasteiger partial charge in [0.15, 0.2) is 0 Å². The lowest BCUT2D eigenvalue weighted by atomic mass is 9.93. The Kier molecular flexibility index (Phi) is 5.83. The molecule has 1 aromatic heterocycles. The summed E-state index contributed by atoms with van der Waals surface area (Å²) in [5, 5.41) is 16.0. The monoisotopic (exact) mass is 331 g/mol. The molecule has 2 fully saturated rings. The number of nitriles is 1. The van der Waals surface area contributed by atoms with Gasteiger partial charge in [-0.1, -0.05) is 0 Å². The molecule has 1 aliphatic heterocycles. The molecule has 0 spiro atoms. The Morgan fingerprint density at radius 3 is 2.75 bits per heavy atom. The molecule has 0 amide bonds. The quantitative estimate of drug-likeness (QED) is 0.826. The van der Waals surface area contributed by atoms with Gasteiger partial charge in [-0.3, -0.25) is 0 Å². The van der Waals surface area contributed by atoms with Gasteiger partial charge in [-0.2, -0.15) is 10.2 Å². The second-order valence-corrected chi connectivity index (χ2v) is 6.35. The molecule has 1 saturated carbocycles. The van der Waals surface area contributed by atoms with Crippen molar-refractivity contribution in [3.63, 3.8) is 0 Å². The average Bonchev–Trinajstić information content (AvgIpc) is 3.10. The highest BCUT2D eigenvalue weighted by Gasteiger charge is 2.23. The largest absolute Gasteiger partial charge is 0.379 e. The van der Waals surface area contributed by atoms with Crippen molar-refractivity contribution in [1.82, 2.24) is 9.97 Å². The molecule has 1 saturated heterocycles. The summed E-state index contributed by atoms with van der Waals surface area (Å²) in [6, 6.07) is 2.72. The van der Waals surface area contributed by atoms with E-state index in [1.165, 1.54) is 0 Å². The topological polar surface area (TPSA) is 92.1 Å². The van der Waals surface area contributed by atoms with Crippen molar-refractivity contribution in [1.29, 1.82) is 5.26 Å². The third-order valence-electron chi connectivity index (χ3n) is 4.59. The fourth-order valence-corrected chi connectivity index (χ4v) is 3.28. The van der Waals surface area contributed by atoms with Crippen LogP contribution in [0.1, 0.15) is 44.6 Å². The van der Waals surface area contributed by atoms with Crippen molar-refractivity contribution in [3.05, 3.63) is 11.8 Å². The third-order valence-corrected chi connectivity index (χ3v) is 4.59. The van der Waals surface area contributed by atoms with Crippen LogP contribution >= 0.6 is 0 Å². The minimum absolute atomic E-state index is 0.210.